The Labute approximate surface area is 158 Å². The van der Waals surface area contributed by atoms with Gasteiger partial charge in [0, 0.05) is 0 Å². The summed E-state index contributed by atoms with van der Waals surface area (Å²) in [5, 5.41) is 3.73. The third-order valence-electron chi connectivity index (χ3n) is 3.99. The van der Waals surface area contributed by atoms with E-state index < -0.39 is 10.0 Å². The number of nitrogens with one attached hydrogen (secondary N) is 1. The molecule has 0 aliphatic rings. The summed E-state index contributed by atoms with van der Waals surface area (Å²) in [6, 6.07) is 12.5. The van der Waals surface area contributed by atoms with Gasteiger partial charge in [-0.25, -0.2) is 8.42 Å². The van der Waals surface area contributed by atoms with E-state index >= 15 is 0 Å². The summed E-state index contributed by atoms with van der Waals surface area (Å²) in [5.41, 5.74) is 2.93. The minimum absolute atomic E-state index is 0.0503. The Morgan fingerprint density at radius 1 is 1.04 bits per heavy atom. The Hall–Kier alpha value is -3.00. The van der Waals surface area contributed by atoms with Crippen molar-refractivity contribution in [1.82, 2.24) is 5.16 Å². The molecule has 0 spiro atoms. The van der Waals surface area contributed by atoms with Gasteiger partial charge in [-0.3, -0.25) is 4.72 Å². The molecule has 0 saturated heterocycles. The molecule has 0 atom stereocenters. The zero-order valence-electron chi connectivity index (χ0n) is 15.2. The van der Waals surface area contributed by atoms with Gasteiger partial charge < -0.3 is 14.0 Å². The van der Waals surface area contributed by atoms with Crippen molar-refractivity contribution in [2.45, 2.75) is 12.7 Å². The van der Waals surface area contributed by atoms with Crippen molar-refractivity contribution in [3.63, 3.8) is 0 Å². The van der Waals surface area contributed by atoms with Gasteiger partial charge in [0.2, 0.25) is 15.9 Å². The van der Waals surface area contributed by atoms with Crippen molar-refractivity contribution in [3.05, 3.63) is 59.8 Å². The van der Waals surface area contributed by atoms with Gasteiger partial charge in [-0.2, -0.15) is 0 Å². The zero-order chi connectivity index (χ0) is 19.4. The van der Waals surface area contributed by atoms with Gasteiger partial charge in [-0.15, -0.1) is 0 Å². The highest BCUT2D eigenvalue weighted by molar-refractivity contribution is 7.91. The molecule has 0 aliphatic carbocycles. The SMILES string of the molecule is COc1ccc(-c2cnoc2NS(=O)(=O)Cc2ccc(C)cc2)cc1OC. The van der Waals surface area contributed by atoms with Crippen molar-refractivity contribution in [1.29, 1.82) is 0 Å². The van der Waals surface area contributed by atoms with Crippen molar-refractivity contribution in [2.24, 2.45) is 0 Å². The van der Waals surface area contributed by atoms with Crippen LogP contribution in [0.2, 0.25) is 0 Å². The van der Waals surface area contributed by atoms with Crippen LogP contribution < -0.4 is 14.2 Å². The minimum atomic E-state index is -3.67. The maximum absolute atomic E-state index is 12.5. The fraction of sp³-hybridized carbons (Fsp3) is 0.211. The summed E-state index contributed by atoms with van der Waals surface area (Å²) >= 11 is 0. The minimum Gasteiger partial charge on any atom is -0.493 e. The average Bonchev–Trinajstić information content (AvgIpc) is 3.10. The van der Waals surface area contributed by atoms with E-state index in [1.54, 1.807) is 37.4 Å². The van der Waals surface area contributed by atoms with E-state index in [9.17, 15) is 8.42 Å². The van der Waals surface area contributed by atoms with Crippen molar-refractivity contribution >= 4 is 15.9 Å². The second-order valence-electron chi connectivity index (χ2n) is 5.99. The summed E-state index contributed by atoms with van der Waals surface area (Å²) in [4.78, 5) is 0. The lowest BCUT2D eigenvalue weighted by Crippen LogP contribution is -2.15. The number of rotatable bonds is 7. The summed E-state index contributed by atoms with van der Waals surface area (Å²) in [7, 11) is -0.598. The van der Waals surface area contributed by atoms with E-state index in [0.29, 0.717) is 28.2 Å². The lowest BCUT2D eigenvalue weighted by atomic mass is 10.1. The van der Waals surface area contributed by atoms with E-state index in [1.807, 2.05) is 19.1 Å². The van der Waals surface area contributed by atoms with Crippen LogP contribution in [0.5, 0.6) is 11.5 Å². The highest BCUT2D eigenvalue weighted by atomic mass is 32.2. The number of methoxy groups -OCH3 is 2. The second-order valence-corrected chi connectivity index (χ2v) is 7.71. The van der Waals surface area contributed by atoms with Crippen LogP contribution in [0.4, 0.5) is 5.88 Å². The fourth-order valence-corrected chi connectivity index (χ4v) is 3.74. The Balaban J connectivity index is 1.85. The molecule has 27 heavy (non-hydrogen) atoms. The average molecular weight is 388 g/mol. The quantitative estimate of drug-likeness (QED) is 0.665. The standard InChI is InChI=1S/C19H20N2O5S/c1-13-4-6-14(7-5-13)12-27(22,23)21-19-16(11-20-26-19)15-8-9-17(24-2)18(10-15)25-3/h4-11,21H,12H2,1-3H3. The molecule has 0 saturated carbocycles. The molecule has 0 bridgehead atoms. The van der Waals surface area contributed by atoms with Crippen LogP contribution in [0, 0.1) is 6.92 Å². The Morgan fingerprint density at radius 2 is 1.74 bits per heavy atom. The van der Waals surface area contributed by atoms with Crippen molar-refractivity contribution < 1.29 is 22.4 Å². The fourth-order valence-electron chi connectivity index (χ4n) is 2.60. The van der Waals surface area contributed by atoms with Crippen LogP contribution in [0.1, 0.15) is 11.1 Å². The van der Waals surface area contributed by atoms with Crippen LogP contribution in [-0.4, -0.2) is 27.8 Å². The van der Waals surface area contributed by atoms with Gasteiger partial charge in [0.05, 0.1) is 31.7 Å². The highest BCUT2D eigenvalue weighted by Gasteiger charge is 2.19. The largest absolute Gasteiger partial charge is 0.493 e. The topological polar surface area (TPSA) is 90.7 Å². The second kappa shape index (κ2) is 7.71. The number of anilines is 1. The molecule has 0 radical (unpaired) electrons. The number of ether oxygens (including phenoxy) is 2. The van der Waals surface area contributed by atoms with Crippen LogP contribution in [-0.2, 0) is 15.8 Å². The molecule has 3 aromatic rings. The van der Waals surface area contributed by atoms with E-state index in [4.69, 9.17) is 14.0 Å². The summed E-state index contributed by atoms with van der Waals surface area (Å²) in [6.45, 7) is 1.94. The summed E-state index contributed by atoms with van der Waals surface area (Å²) < 4.78 is 43.1. The lowest BCUT2D eigenvalue weighted by molar-refractivity contribution is 0.355. The number of aromatic nitrogens is 1. The van der Waals surface area contributed by atoms with Gasteiger partial charge in [0.15, 0.2) is 11.5 Å². The smallest absolute Gasteiger partial charge is 0.245 e. The number of aryl methyl sites for hydroxylation is 1. The number of hydrogen-bond donors (Lipinski definition) is 1. The predicted molar refractivity (Wildman–Crippen MR) is 102 cm³/mol. The van der Waals surface area contributed by atoms with Crippen LogP contribution in [0.25, 0.3) is 11.1 Å². The van der Waals surface area contributed by atoms with E-state index in [-0.39, 0.29) is 11.6 Å². The highest BCUT2D eigenvalue weighted by Crippen LogP contribution is 2.35. The number of benzene rings is 2. The monoisotopic (exact) mass is 388 g/mol. The molecule has 0 amide bonds. The molecular formula is C19H20N2O5S. The molecule has 8 heteroatoms. The summed E-state index contributed by atoms with van der Waals surface area (Å²) in [6.07, 6.45) is 1.45. The van der Waals surface area contributed by atoms with E-state index in [2.05, 4.69) is 9.88 Å². The Bertz CT molecular complexity index is 1030. The van der Waals surface area contributed by atoms with Gasteiger partial charge in [-0.1, -0.05) is 41.1 Å². The first-order valence-electron chi connectivity index (χ1n) is 8.15. The van der Waals surface area contributed by atoms with Crippen LogP contribution >= 0.6 is 0 Å². The molecule has 0 fully saturated rings. The Morgan fingerprint density at radius 3 is 2.41 bits per heavy atom. The molecular weight excluding hydrogens is 368 g/mol. The third kappa shape index (κ3) is 4.40. The molecule has 1 aromatic heterocycles. The first-order valence-corrected chi connectivity index (χ1v) is 9.80. The predicted octanol–water partition coefficient (Wildman–Crippen LogP) is 3.61. The maximum Gasteiger partial charge on any atom is 0.245 e. The van der Waals surface area contributed by atoms with Crippen LogP contribution in [0.15, 0.2) is 53.2 Å². The normalized spacial score (nSPS) is 11.2. The third-order valence-corrected chi connectivity index (χ3v) is 5.20. The first kappa shape index (κ1) is 18.8. The van der Waals surface area contributed by atoms with E-state index in [1.165, 1.54) is 13.3 Å². The molecule has 142 valence electrons. The van der Waals surface area contributed by atoms with Gasteiger partial charge >= 0.3 is 0 Å². The summed E-state index contributed by atoms with van der Waals surface area (Å²) in [5.74, 6) is 0.970. The Kier molecular flexibility index (Phi) is 5.36. The number of nitrogens with zero attached hydrogens (tertiary/aromatic N) is 1. The van der Waals surface area contributed by atoms with Crippen LogP contribution in [0.3, 0.4) is 0 Å². The van der Waals surface area contributed by atoms with Crippen molar-refractivity contribution in [2.75, 3.05) is 18.9 Å². The lowest BCUT2D eigenvalue weighted by Gasteiger charge is -2.10. The number of hydrogen-bond acceptors (Lipinski definition) is 6. The molecule has 1 N–H and O–H groups in total. The zero-order valence-corrected chi connectivity index (χ0v) is 16.0. The van der Waals surface area contributed by atoms with Gasteiger partial charge in [0.1, 0.15) is 0 Å². The number of sulfonamides is 1. The van der Waals surface area contributed by atoms with Gasteiger partial charge in [-0.05, 0) is 30.2 Å². The van der Waals surface area contributed by atoms with Crippen molar-refractivity contribution in [3.8, 4) is 22.6 Å². The molecule has 1 heterocycles. The van der Waals surface area contributed by atoms with E-state index in [0.717, 1.165) is 5.56 Å². The molecule has 0 aliphatic heterocycles. The molecule has 2 aromatic carbocycles. The molecule has 3 rings (SSSR count). The molecule has 7 nitrogen and oxygen atoms in total. The van der Waals surface area contributed by atoms with Gasteiger partial charge in [0.25, 0.3) is 0 Å². The maximum atomic E-state index is 12.5. The first-order chi connectivity index (χ1) is 12.9. The molecule has 0 unspecified atom stereocenters.